The van der Waals surface area contributed by atoms with Gasteiger partial charge in [0.05, 0.1) is 23.2 Å². The molecular formula is C27H25N5O7. The van der Waals surface area contributed by atoms with Gasteiger partial charge in [-0.3, -0.25) is 33.6 Å². The highest BCUT2D eigenvalue weighted by Crippen LogP contribution is 2.24. The summed E-state index contributed by atoms with van der Waals surface area (Å²) >= 11 is 0. The maximum Gasteiger partial charge on any atom is 0.338 e. The molecule has 39 heavy (non-hydrogen) atoms. The number of aromatic nitrogens is 2. The molecule has 0 bridgehead atoms. The molecule has 0 radical (unpaired) electrons. The number of aromatic amines is 1. The van der Waals surface area contributed by atoms with Crippen LogP contribution in [-0.2, 0) is 16.1 Å². The van der Waals surface area contributed by atoms with E-state index in [4.69, 9.17) is 10.5 Å². The van der Waals surface area contributed by atoms with Crippen molar-refractivity contribution in [2.45, 2.75) is 13.5 Å². The van der Waals surface area contributed by atoms with Crippen LogP contribution in [0.5, 0.6) is 0 Å². The highest BCUT2D eigenvalue weighted by Gasteiger charge is 2.35. The minimum Gasteiger partial charge on any atom is -0.452 e. The Kier molecular flexibility index (Phi) is 7.56. The lowest BCUT2D eigenvalue weighted by Crippen LogP contribution is -2.42. The van der Waals surface area contributed by atoms with Gasteiger partial charge < -0.3 is 15.4 Å². The molecule has 2 heterocycles. The molecule has 12 nitrogen and oxygen atoms in total. The number of ether oxygens (including phenoxy) is 1. The first-order chi connectivity index (χ1) is 18.7. The summed E-state index contributed by atoms with van der Waals surface area (Å²) in [6, 6.07) is 12.8. The number of carbonyl (C=O) groups is 4. The lowest BCUT2D eigenvalue weighted by atomic mass is 10.1. The van der Waals surface area contributed by atoms with E-state index in [0.717, 1.165) is 19.9 Å². The van der Waals surface area contributed by atoms with Gasteiger partial charge in [-0.1, -0.05) is 36.4 Å². The van der Waals surface area contributed by atoms with Crippen molar-refractivity contribution < 1.29 is 23.9 Å². The lowest BCUT2D eigenvalue weighted by Gasteiger charge is -2.23. The van der Waals surface area contributed by atoms with E-state index in [-0.39, 0.29) is 47.8 Å². The number of nitrogen functional groups attached to an aromatic ring is 1. The van der Waals surface area contributed by atoms with Crippen LogP contribution >= 0.6 is 0 Å². The third-order valence-electron chi connectivity index (χ3n) is 6.13. The van der Waals surface area contributed by atoms with Gasteiger partial charge in [0.1, 0.15) is 5.82 Å². The number of anilines is 2. The largest absolute Gasteiger partial charge is 0.452 e. The molecule has 4 rings (SSSR count). The Morgan fingerprint density at radius 1 is 1.05 bits per heavy atom. The molecule has 1 aliphatic rings. The van der Waals surface area contributed by atoms with Gasteiger partial charge in [0.15, 0.2) is 12.3 Å². The van der Waals surface area contributed by atoms with Gasteiger partial charge in [0, 0.05) is 13.1 Å². The van der Waals surface area contributed by atoms with Gasteiger partial charge in [-0.2, -0.15) is 0 Å². The van der Waals surface area contributed by atoms with E-state index < -0.39 is 41.5 Å². The monoisotopic (exact) mass is 531 g/mol. The minimum absolute atomic E-state index is 0.0121. The van der Waals surface area contributed by atoms with Crippen molar-refractivity contribution in [3.8, 4) is 0 Å². The maximum absolute atomic E-state index is 13.0. The zero-order valence-electron chi connectivity index (χ0n) is 21.0. The Bertz CT molecular complexity index is 1610. The van der Waals surface area contributed by atoms with Crippen molar-refractivity contribution in [2.75, 3.05) is 30.3 Å². The predicted molar refractivity (Wildman–Crippen MR) is 142 cm³/mol. The van der Waals surface area contributed by atoms with Crippen LogP contribution in [0.3, 0.4) is 0 Å². The number of rotatable bonds is 9. The number of carbonyl (C=O) groups excluding carboxylic acids is 4. The summed E-state index contributed by atoms with van der Waals surface area (Å²) in [7, 11) is 0. The van der Waals surface area contributed by atoms with Crippen molar-refractivity contribution in [3.05, 3.63) is 104 Å². The quantitative estimate of drug-likeness (QED) is 0.236. The molecule has 2 aromatic carbocycles. The molecule has 12 heteroatoms. The standard InChI is InChI=1S/C27H25N5O7/c1-3-12-31-24(35)18-11-10-17(13-19(18)25(31)36)26(37)39-15-20(33)30(4-2)21-22(28)32(27(38)29-23(21)34)14-16-8-6-5-7-9-16/h3,5-11,13H,1,4,12,14-15,28H2,2H3,(H,29,34,38). The fourth-order valence-corrected chi connectivity index (χ4v) is 4.22. The first kappa shape index (κ1) is 26.8. The van der Waals surface area contributed by atoms with Gasteiger partial charge in [0.2, 0.25) is 0 Å². The summed E-state index contributed by atoms with van der Waals surface area (Å²) in [6.45, 7) is 4.42. The molecule has 3 amide bonds. The number of esters is 1. The highest BCUT2D eigenvalue weighted by atomic mass is 16.5. The zero-order chi connectivity index (χ0) is 28.3. The first-order valence-electron chi connectivity index (χ1n) is 11.9. The van der Waals surface area contributed by atoms with Crippen molar-refractivity contribution in [1.82, 2.24) is 14.5 Å². The van der Waals surface area contributed by atoms with Crippen LogP contribution in [-0.4, -0.2) is 57.8 Å². The number of nitrogens with one attached hydrogen (secondary N) is 1. The number of nitrogens with two attached hydrogens (primary N) is 1. The number of H-pyrrole nitrogens is 1. The topological polar surface area (TPSA) is 165 Å². The van der Waals surface area contributed by atoms with E-state index in [1.165, 1.54) is 24.3 Å². The smallest absolute Gasteiger partial charge is 0.338 e. The fourth-order valence-electron chi connectivity index (χ4n) is 4.22. The number of hydrogen-bond acceptors (Lipinski definition) is 8. The molecule has 3 N–H and O–H groups in total. The number of benzene rings is 2. The van der Waals surface area contributed by atoms with E-state index in [2.05, 4.69) is 11.6 Å². The normalized spacial score (nSPS) is 12.3. The molecule has 200 valence electrons. The maximum atomic E-state index is 13.0. The van der Waals surface area contributed by atoms with Gasteiger partial charge in [-0.05, 0) is 30.7 Å². The lowest BCUT2D eigenvalue weighted by molar-refractivity contribution is -0.121. The van der Waals surface area contributed by atoms with E-state index >= 15 is 0 Å². The number of amides is 3. The van der Waals surface area contributed by atoms with Crippen LogP contribution in [0.2, 0.25) is 0 Å². The second kappa shape index (κ2) is 11.0. The number of hydrogen-bond donors (Lipinski definition) is 2. The molecule has 1 aromatic heterocycles. The summed E-state index contributed by atoms with van der Waals surface area (Å²) in [5.41, 5.74) is 5.21. The molecule has 0 saturated carbocycles. The Balaban J connectivity index is 1.52. The molecule has 0 unspecified atom stereocenters. The van der Waals surface area contributed by atoms with Crippen LogP contribution in [0.25, 0.3) is 0 Å². The molecule has 0 saturated heterocycles. The minimum atomic E-state index is -0.916. The van der Waals surface area contributed by atoms with E-state index in [0.29, 0.717) is 0 Å². The van der Waals surface area contributed by atoms with Crippen molar-refractivity contribution in [3.63, 3.8) is 0 Å². The molecule has 0 fully saturated rings. The van der Waals surface area contributed by atoms with Crippen molar-refractivity contribution in [1.29, 1.82) is 0 Å². The van der Waals surface area contributed by atoms with Crippen molar-refractivity contribution >= 4 is 35.2 Å². The summed E-state index contributed by atoms with van der Waals surface area (Å²) in [4.78, 5) is 79.9. The average Bonchev–Trinajstić information content (AvgIpc) is 3.16. The predicted octanol–water partition coefficient (Wildman–Crippen LogP) is 1.16. The summed E-state index contributed by atoms with van der Waals surface area (Å²) in [5, 5.41) is 0. The number of nitrogens with zero attached hydrogens (tertiary/aromatic N) is 3. The number of fused-ring (bicyclic) bond motifs is 1. The Hall–Kier alpha value is -5.26. The van der Waals surface area contributed by atoms with Crippen LogP contribution in [0.15, 0.2) is 70.8 Å². The van der Waals surface area contributed by atoms with Crippen molar-refractivity contribution in [2.24, 2.45) is 0 Å². The van der Waals surface area contributed by atoms with Gasteiger partial charge in [-0.25, -0.2) is 9.59 Å². The number of likely N-dealkylation sites (N-methyl/N-ethyl adjacent to an activating group) is 1. The Morgan fingerprint density at radius 2 is 1.74 bits per heavy atom. The second-order valence-corrected chi connectivity index (χ2v) is 8.55. The molecule has 1 aliphatic heterocycles. The van der Waals surface area contributed by atoms with Crippen LogP contribution in [0.4, 0.5) is 11.5 Å². The fraction of sp³-hybridized carbons (Fsp3) is 0.185. The Morgan fingerprint density at radius 3 is 2.41 bits per heavy atom. The molecule has 0 aliphatic carbocycles. The zero-order valence-corrected chi connectivity index (χ0v) is 21.0. The average molecular weight is 532 g/mol. The van der Waals surface area contributed by atoms with Crippen LogP contribution in [0, 0.1) is 0 Å². The van der Waals surface area contributed by atoms with E-state index in [1.807, 2.05) is 6.07 Å². The molecule has 0 spiro atoms. The van der Waals surface area contributed by atoms with Gasteiger partial charge >= 0.3 is 11.7 Å². The highest BCUT2D eigenvalue weighted by molar-refractivity contribution is 6.22. The van der Waals surface area contributed by atoms with Gasteiger partial charge in [0.25, 0.3) is 23.3 Å². The number of imide groups is 1. The summed E-state index contributed by atoms with van der Waals surface area (Å²) < 4.78 is 6.27. The van der Waals surface area contributed by atoms with E-state index in [9.17, 15) is 28.8 Å². The Labute approximate surface area is 221 Å². The van der Waals surface area contributed by atoms with E-state index in [1.54, 1.807) is 31.2 Å². The molecule has 3 aromatic rings. The second-order valence-electron chi connectivity index (χ2n) is 8.55. The summed E-state index contributed by atoms with van der Waals surface area (Å²) in [6.07, 6.45) is 1.41. The summed E-state index contributed by atoms with van der Waals surface area (Å²) in [5.74, 6) is -2.98. The van der Waals surface area contributed by atoms with Crippen LogP contribution in [0.1, 0.15) is 43.6 Å². The SMILES string of the molecule is C=CCN1C(=O)c2ccc(C(=O)OCC(=O)N(CC)c3c(N)n(Cc4ccccc4)c(=O)[nH]c3=O)cc2C1=O. The first-order valence-corrected chi connectivity index (χ1v) is 11.9. The molecule has 0 atom stereocenters. The van der Waals surface area contributed by atoms with Crippen LogP contribution < -0.4 is 21.9 Å². The third-order valence-corrected chi connectivity index (χ3v) is 6.13. The molecular weight excluding hydrogens is 506 g/mol. The van der Waals surface area contributed by atoms with Gasteiger partial charge in [-0.15, -0.1) is 6.58 Å². The third kappa shape index (κ3) is 5.12.